The van der Waals surface area contributed by atoms with Crippen molar-refractivity contribution in [3.05, 3.63) is 12.7 Å². The van der Waals surface area contributed by atoms with E-state index in [1.54, 1.807) is 13.0 Å². The summed E-state index contributed by atoms with van der Waals surface area (Å²) in [6, 6.07) is 0. The number of hydrogen-bond donors (Lipinski definition) is 2. The van der Waals surface area contributed by atoms with Crippen molar-refractivity contribution in [2.45, 2.75) is 38.2 Å². The van der Waals surface area contributed by atoms with E-state index in [2.05, 4.69) is 6.58 Å². The summed E-state index contributed by atoms with van der Waals surface area (Å²) in [6.07, 6.45) is 3.79. The molecule has 1 saturated heterocycles. The summed E-state index contributed by atoms with van der Waals surface area (Å²) in [4.78, 5) is 22.9. The van der Waals surface area contributed by atoms with Crippen LogP contribution in [0, 0.1) is 23.2 Å². The van der Waals surface area contributed by atoms with Gasteiger partial charge in [0.25, 0.3) is 0 Å². The molecule has 2 atom stereocenters. The molecule has 104 valence electrons. The Kier molecular flexibility index (Phi) is 3.47. The van der Waals surface area contributed by atoms with Crippen LogP contribution in [0.5, 0.6) is 0 Å². The van der Waals surface area contributed by atoms with Gasteiger partial charge in [-0.25, -0.2) is 0 Å². The first-order valence-corrected chi connectivity index (χ1v) is 6.54. The normalized spacial score (nSPS) is 37.9. The lowest BCUT2D eigenvalue weighted by Gasteiger charge is -2.38. The number of hydrogen-bond acceptors (Lipinski definition) is 4. The minimum Gasteiger partial charge on any atom is -0.481 e. The number of carboxylic acid groups (broad SMARTS) is 1. The highest BCUT2D eigenvalue weighted by Crippen LogP contribution is 2.48. The molecular weight excluding hydrogens is 246 g/mol. The lowest BCUT2D eigenvalue weighted by atomic mass is 9.69. The summed E-state index contributed by atoms with van der Waals surface area (Å²) in [6.45, 7) is 5.37. The maximum atomic E-state index is 11.9. The number of rotatable bonds is 3. The van der Waals surface area contributed by atoms with E-state index >= 15 is 0 Å². The summed E-state index contributed by atoms with van der Waals surface area (Å²) < 4.78 is 5.55. The highest BCUT2D eigenvalue weighted by atomic mass is 16.6. The second-order valence-electron chi connectivity index (χ2n) is 5.52. The van der Waals surface area contributed by atoms with Crippen molar-refractivity contribution in [3.8, 4) is 0 Å². The minimum absolute atomic E-state index is 0.216. The molecule has 5 nitrogen and oxygen atoms in total. The van der Waals surface area contributed by atoms with Crippen molar-refractivity contribution in [1.29, 1.82) is 5.41 Å². The summed E-state index contributed by atoms with van der Waals surface area (Å²) in [5, 5.41) is 16.7. The molecule has 0 radical (unpaired) electrons. The molecule has 1 spiro atoms. The minimum atomic E-state index is -0.783. The van der Waals surface area contributed by atoms with Crippen molar-refractivity contribution in [3.63, 3.8) is 0 Å². The number of nitrogens with one attached hydrogen (secondary N) is 1. The lowest BCUT2D eigenvalue weighted by molar-refractivity contribution is -0.155. The van der Waals surface area contributed by atoms with E-state index in [-0.39, 0.29) is 23.5 Å². The van der Waals surface area contributed by atoms with Crippen LogP contribution in [0.3, 0.4) is 0 Å². The van der Waals surface area contributed by atoms with E-state index in [9.17, 15) is 9.59 Å². The number of aliphatic carboxylic acids is 1. The molecule has 1 saturated carbocycles. The second-order valence-corrected chi connectivity index (χ2v) is 5.52. The number of carbonyl (C=O) groups excluding carboxylic acids is 1. The van der Waals surface area contributed by atoms with Gasteiger partial charge in [0.2, 0.25) is 0 Å². The van der Waals surface area contributed by atoms with Gasteiger partial charge >= 0.3 is 11.9 Å². The summed E-state index contributed by atoms with van der Waals surface area (Å²) in [5.41, 5.74) is -0.357. The van der Waals surface area contributed by atoms with Crippen LogP contribution >= 0.6 is 0 Å². The fraction of sp³-hybridized carbons (Fsp3) is 0.643. The molecule has 5 heteroatoms. The first-order valence-electron chi connectivity index (χ1n) is 6.54. The van der Waals surface area contributed by atoms with Crippen molar-refractivity contribution >= 4 is 17.7 Å². The van der Waals surface area contributed by atoms with Crippen molar-refractivity contribution in [2.75, 3.05) is 0 Å². The Morgan fingerprint density at radius 2 is 2.11 bits per heavy atom. The van der Waals surface area contributed by atoms with Crippen LogP contribution < -0.4 is 0 Å². The molecule has 2 unspecified atom stereocenters. The van der Waals surface area contributed by atoms with Crippen LogP contribution in [0.15, 0.2) is 12.7 Å². The van der Waals surface area contributed by atoms with E-state index in [0.717, 1.165) is 0 Å². The highest BCUT2D eigenvalue weighted by Gasteiger charge is 2.56. The van der Waals surface area contributed by atoms with Crippen molar-refractivity contribution in [1.82, 2.24) is 0 Å². The number of carbonyl (C=O) groups is 2. The Hall–Kier alpha value is -1.65. The molecule has 2 rings (SSSR count). The number of carboxylic acids is 1. The zero-order valence-corrected chi connectivity index (χ0v) is 11.0. The molecule has 1 aliphatic heterocycles. The molecule has 0 amide bonds. The van der Waals surface area contributed by atoms with Gasteiger partial charge in [-0.2, -0.15) is 0 Å². The SMILES string of the molecule is C=CC1C(C(C)=N)C(=O)OC12CCC(C(=O)O)CC2. The van der Waals surface area contributed by atoms with Gasteiger partial charge < -0.3 is 15.3 Å². The molecule has 0 aromatic rings. The van der Waals surface area contributed by atoms with Gasteiger partial charge in [-0.05, 0) is 32.6 Å². The second kappa shape index (κ2) is 4.79. The van der Waals surface area contributed by atoms with Gasteiger partial charge in [-0.1, -0.05) is 6.08 Å². The average molecular weight is 265 g/mol. The maximum Gasteiger partial charge on any atom is 0.315 e. The number of ether oxygens (including phenoxy) is 1. The van der Waals surface area contributed by atoms with Gasteiger partial charge in [0.15, 0.2) is 0 Å². The summed E-state index contributed by atoms with van der Waals surface area (Å²) in [5.74, 6) is -2.28. The Morgan fingerprint density at radius 1 is 1.53 bits per heavy atom. The molecule has 2 fully saturated rings. The lowest BCUT2D eigenvalue weighted by Crippen LogP contribution is -2.41. The Labute approximate surface area is 112 Å². The molecule has 19 heavy (non-hydrogen) atoms. The molecule has 0 aromatic carbocycles. The largest absolute Gasteiger partial charge is 0.481 e. The van der Waals surface area contributed by atoms with Crippen LogP contribution in [-0.2, 0) is 14.3 Å². The quantitative estimate of drug-likeness (QED) is 0.464. The smallest absolute Gasteiger partial charge is 0.315 e. The van der Waals surface area contributed by atoms with Gasteiger partial charge in [-0.15, -0.1) is 6.58 Å². The third kappa shape index (κ3) is 2.17. The molecule has 2 aliphatic rings. The van der Waals surface area contributed by atoms with E-state index in [1.165, 1.54) is 0 Å². The zero-order chi connectivity index (χ0) is 14.2. The van der Waals surface area contributed by atoms with Crippen molar-refractivity contribution < 1.29 is 19.4 Å². The fourth-order valence-electron chi connectivity index (χ4n) is 3.37. The first kappa shape index (κ1) is 13.8. The Bertz CT molecular complexity index is 435. The van der Waals surface area contributed by atoms with Crippen LogP contribution in [0.1, 0.15) is 32.6 Å². The molecule has 0 aromatic heterocycles. The Balaban J connectivity index is 2.21. The van der Waals surface area contributed by atoms with E-state index in [0.29, 0.717) is 25.7 Å². The molecule has 1 aliphatic carbocycles. The average Bonchev–Trinajstić information content (AvgIpc) is 2.61. The van der Waals surface area contributed by atoms with Crippen LogP contribution in [0.4, 0.5) is 0 Å². The van der Waals surface area contributed by atoms with E-state index in [1.807, 2.05) is 0 Å². The van der Waals surface area contributed by atoms with Crippen molar-refractivity contribution in [2.24, 2.45) is 17.8 Å². The van der Waals surface area contributed by atoms with Crippen LogP contribution in [0.25, 0.3) is 0 Å². The predicted molar refractivity (Wildman–Crippen MR) is 69.0 cm³/mol. The third-order valence-electron chi connectivity index (χ3n) is 4.43. The summed E-state index contributed by atoms with van der Waals surface area (Å²) in [7, 11) is 0. The first-order chi connectivity index (χ1) is 8.91. The molecule has 1 heterocycles. The van der Waals surface area contributed by atoms with E-state index < -0.39 is 17.5 Å². The summed E-state index contributed by atoms with van der Waals surface area (Å²) >= 11 is 0. The van der Waals surface area contributed by atoms with E-state index in [4.69, 9.17) is 15.3 Å². The van der Waals surface area contributed by atoms with Crippen LogP contribution in [0.2, 0.25) is 0 Å². The predicted octanol–water partition coefficient (Wildman–Crippen LogP) is 2.01. The fourth-order valence-corrected chi connectivity index (χ4v) is 3.37. The molecule has 2 N–H and O–H groups in total. The third-order valence-corrected chi connectivity index (χ3v) is 4.43. The van der Waals surface area contributed by atoms with Gasteiger partial charge in [0.05, 0.1) is 5.92 Å². The van der Waals surface area contributed by atoms with Gasteiger partial charge in [-0.3, -0.25) is 9.59 Å². The zero-order valence-electron chi connectivity index (χ0n) is 11.0. The van der Waals surface area contributed by atoms with Gasteiger partial charge in [0, 0.05) is 11.6 Å². The standard InChI is InChI=1S/C14H19NO4/c1-3-10-11(8(2)15)13(18)19-14(10)6-4-9(5-7-14)12(16)17/h3,9-11,15H,1,4-7H2,2H3,(H,16,17). The molecule has 0 bridgehead atoms. The number of esters is 1. The topological polar surface area (TPSA) is 87.5 Å². The highest BCUT2D eigenvalue weighted by molar-refractivity contribution is 6.01. The molecular formula is C14H19NO4. The monoisotopic (exact) mass is 265 g/mol. The van der Waals surface area contributed by atoms with Crippen LogP contribution in [-0.4, -0.2) is 28.4 Å². The Morgan fingerprint density at radius 3 is 2.53 bits per heavy atom. The van der Waals surface area contributed by atoms with Gasteiger partial charge in [0.1, 0.15) is 11.5 Å². The maximum absolute atomic E-state index is 11.9.